The summed E-state index contributed by atoms with van der Waals surface area (Å²) in [6, 6.07) is 7.67. The van der Waals surface area contributed by atoms with Crippen LogP contribution in [-0.4, -0.2) is 37.3 Å². The van der Waals surface area contributed by atoms with Crippen molar-refractivity contribution < 1.29 is 22.0 Å². The van der Waals surface area contributed by atoms with Crippen LogP contribution in [0.15, 0.2) is 41.3 Å². The predicted octanol–water partition coefficient (Wildman–Crippen LogP) is 3.40. The number of hydrogen-bond acceptors (Lipinski definition) is 3. The van der Waals surface area contributed by atoms with Crippen molar-refractivity contribution in [1.82, 2.24) is 4.31 Å². The first-order chi connectivity index (χ1) is 13.7. The number of carbonyl (C=O) groups excluding carboxylic acids is 1. The van der Waals surface area contributed by atoms with Crippen molar-refractivity contribution in [2.75, 3.05) is 11.4 Å². The van der Waals surface area contributed by atoms with E-state index in [2.05, 4.69) is 0 Å². The van der Waals surface area contributed by atoms with Gasteiger partial charge in [0, 0.05) is 18.2 Å². The van der Waals surface area contributed by atoms with E-state index < -0.39 is 33.6 Å². The average Bonchev–Trinajstić information content (AvgIpc) is 3.30. The largest absolute Gasteiger partial charge is 0.308 e. The van der Waals surface area contributed by atoms with Gasteiger partial charge in [-0.15, -0.1) is 0 Å². The summed E-state index contributed by atoms with van der Waals surface area (Å²) in [5.41, 5.74) is 1.42. The van der Waals surface area contributed by atoms with Gasteiger partial charge in [-0.1, -0.05) is 17.7 Å². The highest BCUT2D eigenvalue weighted by Crippen LogP contribution is 2.37. The maximum atomic E-state index is 14.2. The zero-order chi connectivity index (χ0) is 20.9. The van der Waals surface area contributed by atoms with E-state index in [0.29, 0.717) is 18.5 Å². The van der Waals surface area contributed by atoms with Crippen LogP contribution < -0.4 is 4.90 Å². The third kappa shape index (κ3) is 3.24. The van der Waals surface area contributed by atoms with E-state index in [0.717, 1.165) is 11.6 Å². The van der Waals surface area contributed by atoms with Crippen LogP contribution in [0, 0.1) is 18.6 Å². The molecule has 5 nitrogen and oxygen atoms in total. The van der Waals surface area contributed by atoms with Gasteiger partial charge in [-0.2, -0.15) is 4.31 Å². The number of benzene rings is 2. The van der Waals surface area contributed by atoms with Crippen molar-refractivity contribution in [1.29, 1.82) is 0 Å². The summed E-state index contributed by atoms with van der Waals surface area (Å²) in [7, 11) is -3.84. The van der Waals surface area contributed by atoms with Gasteiger partial charge in [0.25, 0.3) is 0 Å². The lowest BCUT2D eigenvalue weighted by Gasteiger charge is -2.30. The number of anilines is 1. The van der Waals surface area contributed by atoms with E-state index in [9.17, 15) is 22.0 Å². The molecule has 2 aromatic carbocycles. The second-order valence-corrected chi connectivity index (χ2v) is 9.60. The molecule has 0 aliphatic carbocycles. The third-order valence-electron chi connectivity index (χ3n) is 5.72. The molecule has 0 radical (unpaired) electrons. The fourth-order valence-corrected chi connectivity index (χ4v) is 5.89. The Balaban J connectivity index is 1.67. The fourth-order valence-electron chi connectivity index (χ4n) is 4.24. The molecule has 4 rings (SSSR count). The van der Waals surface area contributed by atoms with E-state index in [-0.39, 0.29) is 29.5 Å². The number of amides is 1. The molecule has 2 aromatic rings. The zero-order valence-corrected chi connectivity index (χ0v) is 17.0. The zero-order valence-electron chi connectivity index (χ0n) is 16.2. The molecule has 0 N–H and O–H groups in total. The highest BCUT2D eigenvalue weighted by atomic mass is 32.2. The van der Waals surface area contributed by atoms with Gasteiger partial charge in [0.2, 0.25) is 15.9 Å². The van der Waals surface area contributed by atoms with Gasteiger partial charge in [0.1, 0.15) is 6.04 Å². The molecule has 1 saturated heterocycles. The number of carbonyl (C=O) groups is 1. The number of halogens is 2. The van der Waals surface area contributed by atoms with Crippen molar-refractivity contribution in [3.05, 3.63) is 59.2 Å². The van der Waals surface area contributed by atoms with Crippen LogP contribution in [0.3, 0.4) is 0 Å². The molecular weight excluding hydrogens is 398 g/mol. The first-order valence-electron chi connectivity index (χ1n) is 9.60. The fraction of sp³-hybridized carbons (Fsp3) is 0.381. The molecule has 2 aliphatic heterocycles. The highest BCUT2D eigenvalue weighted by molar-refractivity contribution is 7.89. The smallest absolute Gasteiger partial charge is 0.245 e. The minimum absolute atomic E-state index is 0.144. The van der Waals surface area contributed by atoms with Gasteiger partial charge in [-0.05, 0) is 57.4 Å². The molecule has 2 aliphatic rings. The Morgan fingerprint density at radius 3 is 2.48 bits per heavy atom. The molecule has 0 bridgehead atoms. The summed E-state index contributed by atoms with van der Waals surface area (Å²) < 4.78 is 55.3. The molecule has 0 unspecified atom stereocenters. The quantitative estimate of drug-likeness (QED) is 0.765. The summed E-state index contributed by atoms with van der Waals surface area (Å²) in [5.74, 6) is -2.29. The van der Waals surface area contributed by atoms with Crippen LogP contribution in [0.2, 0.25) is 0 Å². The molecule has 8 heteroatoms. The number of sulfonamides is 1. The molecule has 1 amide bonds. The van der Waals surface area contributed by atoms with Crippen LogP contribution >= 0.6 is 0 Å². The predicted molar refractivity (Wildman–Crippen MR) is 105 cm³/mol. The maximum Gasteiger partial charge on any atom is 0.245 e. The summed E-state index contributed by atoms with van der Waals surface area (Å²) in [4.78, 5) is 14.9. The lowest BCUT2D eigenvalue weighted by atomic mass is 10.1. The van der Waals surface area contributed by atoms with Gasteiger partial charge in [0.05, 0.1) is 10.6 Å². The monoisotopic (exact) mass is 420 g/mol. The van der Waals surface area contributed by atoms with E-state index in [1.165, 1.54) is 27.4 Å². The van der Waals surface area contributed by atoms with Crippen molar-refractivity contribution in [3.63, 3.8) is 0 Å². The summed E-state index contributed by atoms with van der Waals surface area (Å²) in [6.45, 7) is 3.87. The van der Waals surface area contributed by atoms with Gasteiger partial charge in [-0.3, -0.25) is 4.79 Å². The lowest BCUT2D eigenvalue weighted by Crippen LogP contribution is -2.49. The topological polar surface area (TPSA) is 57.7 Å². The van der Waals surface area contributed by atoms with E-state index in [4.69, 9.17) is 0 Å². The van der Waals surface area contributed by atoms with Crippen LogP contribution in [0.4, 0.5) is 14.5 Å². The number of nitrogens with zero attached hydrogens (tertiary/aromatic N) is 2. The number of hydrogen-bond donors (Lipinski definition) is 0. The minimum atomic E-state index is -3.84. The molecule has 0 spiro atoms. The minimum Gasteiger partial charge on any atom is -0.308 e. The summed E-state index contributed by atoms with van der Waals surface area (Å²) in [5, 5.41) is 0. The van der Waals surface area contributed by atoms with Crippen LogP contribution in [0.1, 0.15) is 30.9 Å². The average molecular weight is 420 g/mol. The molecule has 29 heavy (non-hydrogen) atoms. The highest BCUT2D eigenvalue weighted by Gasteiger charge is 2.44. The summed E-state index contributed by atoms with van der Waals surface area (Å²) in [6.07, 6.45) is 1.16. The normalized spacial score (nSPS) is 22.1. The Labute approximate surface area is 169 Å². The van der Waals surface area contributed by atoms with Crippen molar-refractivity contribution >= 4 is 21.6 Å². The van der Waals surface area contributed by atoms with Crippen molar-refractivity contribution in [2.45, 2.75) is 50.1 Å². The Morgan fingerprint density at radius 1 is 1.10 bits per heavy atom. The Hall–Kier alpha value is -2.32. The Kier molecular flexibility index (Phi) is 4.94. The first kappa shape index (κ1) is 20.0. The van der Waals surface area contributed by atoms with Gasteiger partial charge >= 0.3 is 0 Å². The standard InChI is InChI=1S/C21H22F2N2O3S/c1-13-5-7-15(8-6-13)29(27,28)24-11-3-4-19(24)21(26)25-14(2)12-16-18(25)10-9-17(22)20(16)23/h5-10,14,19H,3-4,11-12H2,1-2H3/t14-,19+/m0/s1. The Bertz CT molecular complexity index is 1070. The second kappa shape index (κ2) is 7.18. The number of rotatable bonds is 3. The van der Waals surface area contributed by atoms with Crippen LogP contribution in [0.25, 0.3) is 0 Å². The molecule has 1 fully saturated rings. The van der Waals surface area contributed by atoms with Gasteiger partial charge < -0.3 is 4.90 Å². The van der Waals surface area contributed by atoms with Gasteiger partial charge in [-0.25, -0.2) is 17.2 Å². The second-order valence-electron chi connectivity index (χ2n) is 7.71. The SMILES string of the molecule is Cc1ccc(S(=O)(=O)N2CCC[C@@H]2C(=O)N2c3ccc(F)c(F)c3C[C@@H]2C)cc1. The van der Waals surface area contributed by atoms with Crippen LogP contribution in [-0.2, 0) is 21.2 Å². The van der Waals surface area contributed by atoms with E-state index in [1.54, 1.807) is 19.1 Å². The van der Waals surface area contributed by atoms with Crippen molar-refractivity contribution in [2.24, 2.45) is 0 Å². The molecule has 154 valence electrons. The Morgan fingerprint density at radius 2 is 1.79 bits per heavy atom. The lowest BCUT2D eigenvalue weighted by molar-refractivity contribution is -0.121. The maximum absolute atomic E-state index is 14.2. The van der Waals surface area contributed by atoms with Gasteiger partial charge in [0.15, 0.2) is 11.6 Å². The summed E-state index contributed by atoms with van der Waals surface area (Å²) >= 11 is 0. The molecule has 2 heterocycles. The molecular formula is C21H22F2N2O3S. The third-order valence-corrected chi connectivity index (χ3v) is 7.65. The number of aryl methyl sites for hydroxylation is 1. The number of fused-ring (bicyclic) bond motifs is 1. The van der Waals surface area contributed by atoms with Crippen molar-refractivity contribution in [3.8, 4) is 0 Å². The molecule has 0 saturated carbocycles. The first-order valence-corrected chi connectivity index (χ1v) is 11.0. The van der Waals surface area contributed by atoms with Crippen LogP contribution in [0.5, 0.6) is 0 Å². The molecule has 0 aromatic heterocycles. The molecule has 2 atom stereocenters. The van der Waals surface area contributed by atoms with E-state index >= 15 is 0 Å². The van der Waals surface area contributed by atoms with E-state index in [1.807, 2.05) is 6.92 Å².